The van der Waals surface area contributed by atoms with Gasteiger partial charge < -0.3 is 4.42 Å². The van der Waals surface area contributed by atoms with Crippen molar-refractivity contribution in [2.75, 3.05) is 0 Å². The van der Waals surface area contributed by atoms with E-state index in [1.807, 2.05) is 72.8 Å². The van der Waals surface area contributed by atoms with Crippen LogP contribution in [0.3, 0.4) is 0 Å². The van der Waals surface area contributed by atoms with Crippen molar-refractivity contribution >= 4 is 65.0 Å². The average Bonchev–Trinajstić information content (AvgIpc) is 3.51. The molecule has 0 atom stereocenters. The van der Waals surface area contributed by atoms with E-state index in [1.165, 1.54) is 0 Å². The largest absolute Gasteiger partial charge is 0.455 e. The molecule has 0 fully saturated rings. The fourth-order valence-electron chi connectivity index (χ4n) is 6.45. The quantitative estimate of drug-likeness (QED) is 0.204. The number of benzene rings is 8. The Morgan fingerprint density at radius 1 is 0.415 bits per heavy atom. The minimum absolute atomic E-state index is 0.0592. The van der Waals surface area contributed by atoms with Gasteiger partial charge in [-0.05, 0) is 72.1 Å². The maximum Gasteiger partial charge on any atom is 0.143 e. The molecule has 0 aliphatic heterocycles. The summed E-state index contributed by atoms with van der Waals surface area (Å²) in [5, 5.41) is 7.40. The van der Waals surface area contributed by atoms with Gasteiger partial charge in [0.25, 0.3) is 0 Å². The van der Waals surface area contributed by atoms with Crippen LogP contribution in [-0.2, 0) is 0 Å². The summed E-state index contributed by atoms with van der Waals surface area (Å²) in [6, 6.07) is 31.5. The summed E-state index contributed by atoms with van der Waals surface area (Å²) >= 11 is 0. The van der Waals surface area contributed by atoms with Crippen molar-refractivity contribution in [1.29, 1.82) is 0 Å². The Hall–Kier alpha value is -5.40. The van der Waals surface area contributed by atoms with Crippen molar-refractivity contribution in [3.05, 3.63) is 145 Å². The van der Waals surface area contributed by atoms with Crippen molar-refractivity contribution in [2.24, 2.45) is 0 Å². The molecule has 0 unspecified atom stereocenters. The van der Waals surface area contributed by atoms with Crippen LogP contribution in [0, 0.1) is 0 Å². The number of furan rings is 1. The zero-order chi connectivity index (χ0) is 33.0. The van der Waals surface area contributed by atoms with Crippen LogP contribution in [0.2, 0.25) is 0 Å². The Morgan fingerprint density at radius 3 is 1.80 bits per heavy atom. The molecule has 0 saturated heterocycles. The van der Waals surface area contributed by atoms with Crippen LogP contribution in [0.1, 0.15) is 9.60 Å². The fourth-order valence-corrected chi connectivity index (χ4v) is 6.45. The minimum Gasteiger partial charge on any atom is -0.455 e. The third kappa shape index (κ3) is 3.18. The second kappa shape index (κ2) is 8.55. The van der Waals surface area contributed by atoms with Gasteiger partial charge in [0, 0.05) is 16.2 Å². The van der Waals surface area contributed by atoms with Gasteiger partial charge >= 0.3 is 0 Å². The van der Waals surface area contributed by atoms with Gasteiger partial charge in [-0.1, -0.05) is 133 Å². The predicted octanol–water partition coefficient (Wildman–Crippen LogP) is 11.5. The van der Waals surface area contributed by atoms with Crippen LogP contribution in [-0.4, -0.2) is 0 Å². The molecule has 1 heteroatoms. The van der Waals surface area contributed by atoms with Crippen LogP contribution in [0.25, 0.3) is 87.3 Å². The van der Waals surface area contributed by atoms with Crippen LogP contribution in [0.15, 0.2) is 150 Å². The molecule has 1 heterocycles. The molecule has 0 aliphatic rings. The van der Waals surface area contributed by atoms with Gasteiger partial charge in [0.15, 0.2) is 0 Å². The Morgan fingerprint density at radius 2 is 1.05 bits per heavy atom. The number of fused-ring (bicyclic) bond motifs is 8. The highest BCUT2D eigenvalue weighted by atomic mass is 16.3. The van der Waals surface area contributed by atoms with E-state index in [2.05, 4.69) is 30.3 Å². The monoisotopic (exact) mass is 527 g/mol. The highest BCUT2D eigenvalue weighted by Gasteiger charge is 2.21. The summed E-state index contributed by atoms with van der Waals surface area (Å²) in [5.74, 6) is 0. The maximum atomic E-state index is 9.19. The van der Waals surface area contributed by atoms with Crippen molar-refractivity contribution in [3.8, 4) is 22.3 Å². The number of hydrogen-bond acceptors (Lipinski definition) is 1. The maximum absolute atomic E-state index is 9.19. The zero-order valence-corrected chi connectivity index (χ0v) is 21.7. The third-order valence-electron chi connectivity index (χ3n) is 8.15. The molecule has 8 aromatic carbocycles. The SMILES string of the molecule is [2H]c1c([2H])c([2H])c2c(-c3c4ccccc4c(-c4cccc5oc6c7ccccc7ccc6c45)c4ccccc34)c([2H])c([2H])c([2H])c2c1[2H]. The van der Waals surface area contributed by atoms with Crippen molar-refractivity contribution in [1.82, 2.24) is 0 Å². The molecule has 1 aromatic heterocycles. The molecule has 0 amide bonds. The molecule has 190 valence electrons. The molecule has 0 aliphatic carbocycles. The van der Waals surface area contributed by atoms with Gasteiger partial charge in [0.1, 0.15) is 11.2 Å². The topological polar surface area (TPSA) is 13.1 Å². The molecule has 0 bridgehead atoms. The van der Waals surface area contributed by atoms with Gasteiger partial charge in [0.2, 0.25) is 0 Å². The summed E-state index contributed by atoms with van der Waals surface area (Å²) in [6.45, 7) is 0. The first-order valence-corrected chi connectivity index (χ1v) is 13.5. The predicted molar refractivity (Wildman–Crippen MR) is 175 cm³/mol. The van der Waals surface area contributed by atoms with E-state index in [9.17, 15) is 1.37 Å². The van der Waals surface area contributed by atoms with Crippen LogP contribution >= 0.6 is 0 Å². The summed E-state index contributed by atoms with van der Waals surface area (Å²) in [5.41, 5.74) is 4.33. The lowest BCUT2D eigenvalue weighted by Crippen LogP contribution is -1.92. The molecule has 41 heavy (non-hydrogen) atoms. The molecule has 9 aromatic rings. The molecule has 0 saturated carbocycles. The Labute approximate surface area is 246 Å². The van der Waals surface area contributed by atoms with Crippen molar-refractivity contribution < 1.29 is 14.0 Å². The second-order valence-corrected chi connectivity index (χ2v) is 10.3. The smallest absolute Gasteiger partial charge is 0.143 e. The lowest BCUT2D eigenvalue weighted by atomic mass is 9.84. The average molecular weight is 528 g/mol. The molecule has 0 spiro atoms. The number of hydrogen-bond donors (Lipinski definition) is 0. The van der Waals surface area contributed by atoms with E-state index in [0.29, 0.717) is 5.56 Å². The van der Waals surface area contributed by atoms with E-state index >= 15 is 0 Å². The first-order valence-electron chi connectivity index (χ1n) is 17.0. The highest BCUT2D eigenvalue weighted by Crippen LogP contribution is 2.48. The molecular weight excluding hydrogens is 496 g/mol. The molecule has 0 radical (unpaired) electrons. The molecule has 0 N–H and O–H groups in total. The first-order chi connectivity index (χ1) is 23.3. The fraction of sp³-hybridized carbons (Fsp3) is 0. The summed E-state index contributed by atoms with van der Waals surface area (Å²) < 4.78 is 67.6. The van der Waals surface area contributed by atoms with Crippen molar-refractivity contribution in [2.45, 2.75) is 0 Å². The third-order valence-corrected chi connectivity index (χ3v) is 8.15. The van der Waals surface area contributed by atoms with Crippen LogP contribution in [0.5, 0.6) is 0 Å². The zero-order valence-electron chi connectivity index (χ0n) is 28.7. The molecule has 9 rings (SSSR count). The second-order valence-electron chi connectivity index (χ2n) is 10.3. The van der Waals surface area contributed by atoms with Crippen LogP contribution in [0.4, 0.5) is 0 Å². The van der Waals surface area contributed by atoms with E-state index in [4.69, 9.17) is 12.6 Å². The van der Waals surface area contributed by atoms with E-state index in [1.54, 1.807) is 0 Å². The number of rotatable bonds is 2. The summed E-state index contributed by atoms with van der Waals surface area (Å²) in [7, 11) is 0. The van der Waals surface area contributed by atoms with Gasteiger partial charge in [-0.2, -0.15) is 0 Å². The lowest BCUT2D eigenvalue weighted by Gasteiger charge is -2.19. The van der Waals surface area contributed by atoms with Gasteiger partial charge in [0.05, 0.1) is 9.60 Å². The van der Waals surface area contributed by atoms with E-state index in [-0.39, 0.29) is 46.5 Å². The van der Waals surface area contributed by atoms with Crippen molar-refractivity contribution in [3.63, 3.8) is 0 Å². The summed E-state index contributed by atoms with van der Waals surface area (Å²) in [4.78, 5) is 0. The minimum atomic E-state index is -0.470. The van der Waals surface area contributed by atoms with Gasteiger partial charge in [-0.3, -0.25) is 0 Å². The van der Waals surface area contributed by atoms with Gasteiger partial charge in [-0.25, -0.2) is 0 Å². The Balaban J connectivity index is 1.49. The van der Waals surface area contributed by atoms with Gasteiger partial charge in [-0.15, -0.1) is 0 Å². The van der Waals surface area contributed by atoms with E-state index in [0.717, 1.165) is 65.4 Å². The highest BCUT2D eigenvalue weighted by molar-refractivity contribution is 6.28. The Bertz CT molecular complexity index is 2810. The molecular formula is C40H24O. The first kappa shape index (κ1) is 16.6. The Kier molecular flexibility index (Phi) is 3.47. The summed E-state index contributed by atoms with van der Waals surface area (Å²) in [6.07, 6.45) is 0. The standard InChI is InChI=1S/C40H24O/c1-3-14-27-25(11-1)13-9-20-29(27)37-30-16-5-7-18-32(30)38(33-19-8-6-17-31(33)37)34-21-10-22-36-39(34)35-24-23-26-12-2-4-15-28(26)40(35)41-36/h1-24H/i1D,3D,9D,11D,13D,14D,20D. The molecule has 1 nitrogen and oxygen atoms in total. The normalized spacial score (nSPS) is 14.3. The van der Waals surface area contributed by atoms with E-state index < -0.39 is 12.1 Å². The van der Waals surface area contributed by atoms with Crippen LogP contribution < -0.4 is 0 Å². The lowest BCUT2D eigenvalue weighted by molar-refractivity contribution is 0.673.